The van der Waals surface area contributed by atoms with Gasteiger partial charge >= 0.3 is 0 Å². The molecule has 0 aromatic rings. The fraction of sp³-hybridized carbons (Fsp3) is 0.538. The molecule has 3 atom stereocenters. The number of rotatable bonds is 0. The van der Waals surface area contributed by atoms with Gasteiger partial charge in [0.05, 0.1) is 6.61 Å². The van der Waals surface area contributed by atoms with E-state index in [1.165, 1.54) is 0 Å². The van der Waals surface area contributed by atoms with Crippen molar-refractivity contribution in [3.8, 4) is 23.7 Å². The number of hydrogen-bond donors (Lipinski definition) is 0. The Labute approximate surface area is 94.8 Å². The minimum atomic E-state index is -0.505. The maximum Gasteiger partial charge on any atom is 0.239 e. The van der Waals surface area contributed by atoms with Crippen molar-refractivity contribution in [1.82, 2.24) is 0 Å². The first-order valence-corrected chi connectivity index (χ1v) is 5.46. The highest BCUT2D eigenvalue weighted by atomic mass is 16.8. The maximum atomic E-state index is 5.82. The van der Waals surface area contributed by atoms with Gasteiger partial charge in [-0.2, -0.15) is 0 Å². The average Bonchev–Trinajstić information content (AvgIpc) is 2.90. The molecule has 3 aliphatic rings. The predicted octanol–water partition coefficient (Wildman–Crippen LogP) is 1.20. The van der Waals surface area contributed by atoms with E-state index in [0.29, 0.717) is 0 Å². The van der Waals surface area contributed by atoms with Crippen molar-refractivity contribution < 1.29 is 14.2 Å². The predicted molar refractivity (Wildman–Crippen MR) is 57.0 cm³/mol. The molecule has 3 rings (SSSR count). The van der Waals surface area contributed by atoms with Crippen molar-refractivity contribution in [2.24, 2.45) is 0 Å². The lowest BCUT2D eigenvalue weighted by Gasteiger charge is -2.23. The molecule has 0 aromatic carbocycles. The van der Waals surface area contributed by atoms with Crippen LogP contribution in [0.5, 0.6) is 0 Å². The van der Waals surface area contributed by atoms with Gasteiger partial charge in [0, 0.05) is 12.5 Å². The van der Waals surface area contributed by atoms with E-state index in [1.807, 2.05) is 0 Å². The summed E-state index contributed by atoms with van der Waals surface area (Å²) in [5, 5.41) is 0. The molecule has 3 heterocycles. The van der Waals surface area contributed by atoms with Crippen molar-refractivity contribution in [3.05, 3.63) is 11.8 Å². The van der Waals surface area contributed by atoms with Gasteiger partial charge in [0.2, 0.25) is 5.79 Å². The zero-order valence-electron chi connectivity index (χ0n) is 9.08. The molecule has 0 unspecified atom stereocenters. The van der Waals surface area contributed by atoms with E-state index in [9.17, 15) is 0 Å². The van der Waals surface area contributed by atoms with E-state index < -0.39 is 5.79 Å². The SMILES string of the molecule is CC#CC#C/C=C1\O[C@@]2(CCCO2)[C@H]2O[C@@H]12. The van der Waals surface area contributed by atoms with Crippen LogP contribution in [0.25, 0.3) is 0 Å². The lowest BCUT2D eigenvalue weighted by atomic mass is 10.1. The van der Waals surface area contributed by atoms with Crippen LogP contribution in [0.1, 0.15) is 19.8 Å². The van der Waals surface area contributed by atoms with Crippen LogP contribution < -0.4 is 0 Å². The molecule has 3 heteroatoms. The van der Waals surface area contributed by atoms with E-state index in [0.717, 1.165) is 25.2 Å². The number of allylic oxidation sites excluding steroid dienone is 1. The third kappa shape index (κ3) is 1.41. The van der Waals surface area contributed by atoms with Crippen LogP contribution in [0.15, 0.2) is 11.8 Å². The molecule has 3 saturated heterocycles. The summed E-state index contributed by atoms with van der Waals surface area (Å²) in [4.78, 5) is 0. The van der Waals surface area contributed by atoms with E-state index in [-0.39, 0.29) is 12.2 Å². The van der Waals surface area contributed by atoms with Gasteiger partial charge in [-0.1, -0.05) is 11.8 Å². The van der Waals surface area contributed by atoms with Crippen LogP contribution in [0.2, 0.25) is 0 Å². The van der Waals surface area contributed by atoms with Crippen molar-refractivity contribution in [2.75, 3.05) is 6.61 Å². The summed E-state index contributed by atoms with van der Waals surface area (Å²) in [6, 6.07) is 0. The van der Waals surface area contributed by atoms with Gasteiger partial charge in [0.1, 0.15) is 11.9 Å². The smallest absolute Gasteiger partial charge is 0.239 e. The Morgan fingerprint density at radius 3 is 3.12 bits per heavy atom. The minimum Gasteiger partial charge on any atom is -0.460 e. The van der Waals surface area contributed by atoms with E-state index in [2.05, 4.69) is 23.7 Å². The molecule has 0 saturated carbocycles. The number of fused-ring (bicyclic) bond motifs is 2. The molecule has 16 heavy (non-hydrogen) atoms. The fourth-order valence-corrected chi connectivity index (χ4v) is 2.24. The van der Waals surface area contributed by atoms with Crippen molar-refractivity contribution >= 4 is 0 Å². The quantitative estimate of drug-likeness (QED) is 0.450. The Bertz CT molecular complexity index is 449. The normalized spacial score (nSPS) is 40.7. The Hall–Kier alpha value is -1.42. The van der Waals surface area contributed by atoms with Crippen LogP contribution in [0.3, 0.4) is 0 Å². The van der Waals surface area contributed by atoms with E-state index >= 15 is 0 Å². The van der Waals surface area contributed by atoms with Gasteiger partial charge in [-0.15, -0.1) is 0 Å². The Balaban J connectivity index is 1.76. The summed E-state index contributed by atoms with van der Waals surface area (Å²) in [6.07, 6.45) is 3.83. The Morgan fingerprint density at radius 2 is 2.38 bits per heavy atom. The number of epoxide rings is 1. The first-order valence-electron chi connectivity index (χ1n) is 5.46. The van der Waals surface area contributed by atoms with Gasteiger partial charge in [-0.3, -0.25) is 0 Å². The summed E-state index contributed by atoms with van der Waals surface area (Å²) in [5.41, 5.74) is 0. The van der Waals surface area contributed by atoms with Crippen LogP contribution in [0.4, 0.5) is 0 Å². The molecule has 0 radical (unpaired) electrons. The first kappa shape index (κ1) is 9.78. The monoisotopic (exact) mass is 216 g/mol. The van der Waals surface area contributed by atoms with Crippen molar-refractivity contribution in [2.45, 2.75) is 37.8 Å². The molecule has 3 aliphatic heterocycles. The third-order valence-electron chi connectivity index (χ3n) is 2.99. The Kier molecular flexibility index (Phi) is 2.17. The second kappa shape index (κ2) is 3.56. The molecular weight excluding hydrogens is 204 g/mol. The summed E-state index contributed by atoms with van der Waals surface area (Å²) in [5.74, 6) is 11.2. The van der Waals surface area contributed by atoms with Crippen LogP contribution >= 0.6 is 0 Å². The van der Waals surface area contributed by atoms with Crippen molar-refractivity contribution in [3.63, 3.8) is 0 Å². The summed E-state index contributed by atoms with van der Waals surface area (Å²) in [7, 11) is 0. The minimum absolute atomic E-state index is 0.0574. The maximum absolute atomic E-state index is 5.82. The second-order valence-corrected chi connectivity index (χ2v) is 4.03. The van der Waals surface area contributed by atoms with Crippen LogP contribution in [-0.2, 0) is 14.2 Å². The van der Waals surface area contributed by atoms with Gasteiger partial charge in [-0.05, 0) is 25.2 Å². The molecule has 0 aliphatic carbocycles. The zero-order valence-corrected chi connectivity index (χ0v) is 9.08. The van der Waals surface area contributed by atoms with Gasteiger partial charge in [0.25, 0.3) is 0 Å². The molecule has 3 nitrogen and oxygen atoms in total. The standard InChI is InChI=1S/C13H12O3/c1-2-3-4-5-7-10-11-12(15-11)13(16-10)8-6-9-14-13/h7,11-12H,6,8-9H2,1H3/b10-7-/t11-,12-,13-/m0/s1. The Morgan fingerprint density at radius 1 is 1.44 bits per heavy atom. The van der Waals surface area contributed by atoms with Crippen LogP contribution in [-0.4, -0.2) is 24.6 Å². The van der Waals surface area contributed by atoms with Gasteiger partial charge < -0.3 is 14.2 Å². The largest absolute Gasteiger partial charge is 0.460 e. The topological polar surface area (TPSA) is 31.0 Å². The molecule has 3 fully saturated rings. The third-order valence-corrected chi connectivity index (χ3v) is 2.99. The highest BCUT2D eigenvalue weighted by molar-refractivity contribution is 5.34. The molecule has 82 valence electrons. The molecule has 1 spiro atoms. The fourth-order valence-electron chi connectivity index (χ4n) is 2.24. The summed E-state index contributed by atoms with van der Waals surface area (Å²) < 4.78 is 17.0. The summed E-state index contributed by atoms with van der Waals surface area (Å²) in [6.45, 7) is 2.52. The van der Waals surface area contributed by atoms with Crippen molar-refractivity contribution in [1.29, 1.82) is 0 Å². The molecular formula is C13H12O3. The van der Waals surface area contributed by atoms with Gasteiger partial charge in [-0.25, -0.2) is 0 Å². The van der Waals surface area contributed by atoms with E-state index in [1.54, 1.807) is 13.0 Å². The molecule has 0 bridgehead atoms. The number of ether oxygens (including phenoxy) is 3. The summed E-state index contributed by atoms with van der Waals surface area (Å²) >= 11 is 0. The van der Waals surface area contributed by atoms with Crippen LogP contribution in [0, 0.1) is 23.7 Å². The lowest BCUT2D eigenvalue weighted by Crippen LogP contribution is -2.33. The highest BCUT2D eigenvalue weighted by Crippen LogP contribution is 2.52. The second-order valence-electron chi connectivity index (χ2n) is 4.03. The molecule has 0 amide bonds. The van der Waals surface area contributed by atoms with Gasteiger partial charge in [0.15, 0.2) is 6.10 Å². The van der Waals surface area contributed by atoms with E-state index in [4.69, 9.17) is 14.2 Å². The average molecular weight is 216 g/mol. The molecule has 0 aromatic heterocycles. The zero-order chi connectivity index (χ0) is 11.0. The number of hydrogen-bond acceptors (Lipinski definition) is 3. The highest BCUT2D eigenvalue weighted by Gasteiger charge is 2.67. The molecule has 0 N–H and O–H groups in total. The first-order chi connectivity index (χ1) is 7.86. The lowest BCUT2D eigenvalue weighted by molar-refractivity contribution is -0.192.